The number of nitrogens with one attached hydrogen (secondary N) is 1. The number of methoxy groups -OCH3 is 1. The van der Waals surface area contributed by atoms with Crippen LogP contribution >= 0.6 is 11.6 Å². The number of hydrogen-bond donors (Lipinski definition) is 3. The van der Waals surface area contributed by atoms with E-state index >= 15 is 0 Å². The third-order valence-corrected chi connectivity index (χ3v) is 5.87. The Balaban J connectivity index is 1.64. The summed E-state index contributed by atoms with van der Waals surface area (Å²) >= 11 is 6.20. The average molecular weight is 427 g/mol. The minimum atomic E-state index is -0.952. The Kier molecular flexibility index (Phi) is 6.71. The van der Waals surface area contributed by atoms with E-state index in [-0.39, 0.29) is 18.1 Å². The van der Waals surface area contributed by atoms with Crippen LogP contribution in [0.25, 0.3) is 0 Å². The van der Waals surface area contributed by atoms with Crippen molar-refractivity contribution in [3.63, 3.8) is 0 Å². The molecule has 1 fully saturated rings. The predicted octanol–water partition coefficient (Wildman–Crippen LogP) is 1.29. The number of nitrogen functional groups attached to an aromatic ring is 1. The lowest BCUT2D eigenvalue weighted by molar-refractivity contribution is 0.00480. The SMILES string of the molecule is CO[C@H]1CN(CCN(C)C(=O)O)CC[C@H]1NC(=O)c1cc(Cl)c(N)c2c1OCC2. The third kappa shape index (κ3) is 4.68. The van der Waals surface area contributed by atoms with E-state index in [1.807, 2.05) is 0 Å². The molecule has 29 heavy (non-hydrogen) atoms. The molecule has 0 aliphatic carbocycles. The number of carboxylic acid groups (broad SMARTS) is 1. The van der Waals surface area contributed by atoms with Crippen LogP contribution in [-0.4, -0.2) is 86.0 Å². The number of rotatable bonds is 6. The van der Waals surface area contributed by atoms with E-state index in [0.717, 1.165) is 12.1 Å². The number of halogens is 1. The summed E-state index contributed by atoms with van der Waals surface area (Å²) in [6, 6.07) is 1.38. The van der Waals surface area contributed by atoms with Gasteiger partial charge in [0.25, 0.3) is 5.91 Å². The minimum absolute atomic E-state index is 0.172. The van der Waals surface area contributed by atoms with Crippen molar-refractivity contribution in [1.29, 1.82) is 0 Å². The monoisotopic (exact) mass is 426 g/mol. The fraction of sp³-hybridized carbons (Fsp3) is 0.579. The fourth-order valence-corrected chi connectivity index (χ4v) is 3.98. The van der Waals surface area contributed by atoms with Crippen molar-refractivity contribution in [2.75, 3.05) is 52.7 Å². The fourth-order valence-electron chi connectivity index (χ4n) is 3.76. The number of nitrogens with zero attached hydrogens (tertiary/aromatic N) is 2. The summed E-state index contributed by atoms with van der Waals surface area (Å²) in [4.78, 5) is 27.3. The van der Waals surface area contributed by atoms with Crippen LogP contribution in [0.2, 0.25) is 5.02 Å². The van der Waals surface area contributed by atoms with E-state index in [2.05, 4.69) is 10.2 Å². The van der Waals surface area contributed by atoms with Crippen molar-refractivity contribution in [1.82, 2.24) is 15.1 Å². The number of piperidine rings is 1. The zero-order valence-corrected chi connectivity index (χ0v) is 17.4. The molecule has 0 aromatic heterocycles. The van der Waals surface area contributed by atoms with Gasteiger partial charge >= 0.3 is 6.09 Å². The predicted molar refractivity (Wildman–Crippen MR) is 109 cm³/mol. The van der Waals surface area contributed by atoms with Gasteiger partial charge in [0.15, 0.2) is 0 Å². The molecule has 0 unspecified atom stereocenters. The second-order valence-electron chi connectivity index (χ2n) is 7.37. The van der Waals surface area contributed by atoms with E-state index in [4.69, 9.17) is 31.9 Å². The molecule has 2 amide bonds. The molecule has 9 nitrogen and oxygen atoms in total. The summed E-state index contributed by atoms with van der Waals surface area (Å²) in [5, 5.41) is 12.4. The van der Waals surface area contributed by atoms with Crippen LogP contribution in [0.4, 0.5) is 10.5 Å². The van der Waals surface area contributed by atoms with Crippen LogP contribution in [0.5, 0.6) is 5.75 Å². The summed E-state index contributed by atoms with van der Waals surface area (Å²) in [7, 11) is 3.15. The lowest BCUT2D eigenvalue weighted by Gasteiger charge is -2.38. The molecule has 0 spiro atoms. The number of carbonyl (C=O) groups is 2. The maximum Gasteiger partial charge on any atom is 0.407 e. The Morgan fingerprint density at radius 3 is 2.97 bits per heavy atom. The van der Waals surface area contributed by atoms with Gasteiger partial charge in [0.1, 0.15) is 5.75 Å². The number of likely N-dealkylation sites (tertiary alicyclic amines) is 1. The highest BCUT2D eigenvalue weighted by molar-refractivity contribution is 6.33. The molecule has 2 aliphatic heterocycles. The maximum atomic E-state index is 12.9. The second-order valence-corrected chi connectivity index (χ2v) is 7.78. The van der Waals surface area contributed by atoms with Crippen molar-refractivity contribution in [3.8, 4) is 5.75 Å². The molecule has 0 radical (unpaired) electrons. The van der Waals surface area contributed by atoms with Gasteiger partial charge in [0.2, 0.25) is 0 Å². The Labute approximate surface area is 174 Å². The number of carbonyl (C=O) groups excluding carboxylic acids is 1. The summed E-state index contributed by atoms with van der Waals surface area (Å²) in [6.07, 6.45) is 0.159. The molecule has 10 heteroatoms. The van der Waals surface area contributed by atoms with Crippen molar-refractivity contribution in [2.45, 2.75) is 25.0 Å². The van der Waals surface area contributed by atoms with E-state index in [0.29, 0.717) is 61.1 Å². The summed E-state index contributed by atoms with van der Waals surface area (Å²) < 4.78 is 11.2. The molecule has 2 aliphatic rings. The smallest absolute Gasteiger partial charge is 0.407 e. The Morgan fingerprint density at radius 2 is 2.28 bits per heavy atom. The average Bonchev–Trinajstić information content (AvgIpc) is 3.19. The zero-order valence-electron chi connectivity index (χ0n) is 16.6. The van der Waals surface area contributed by atoms with Crippen molar-refractivity contribution >= 4 is 29.3 Å². The zero-order chi connectivity index (χ0) is 21.1. The highest BCUT2D eigenvalue weighted by Crippen LogP contribution is 2.38. The van der Waals surface area contributed by atoms with Gasteiger partial charge in [-0.1, -0.05) is 11.6 Å². The highest BCUT2D eigenvalue weighted by Gasteiger charge is 2.32. The number of amides is 2. The van der Waals surface area contributed by atoms with Crippen molar-refractivity contribution in [2.24, 2.45) is 0 Å². The van der Waals surface area contributed by atoms with Gasteiger partial charge in [-0.2, -0.15) is 0 Å². The van der Waals surface area contributed by atoms with E-state index in [9.17, 15) is 9.59 Å². The highest BCUT2D eigenvalue weighted by atomic mass is 35.5. The lowest BCUT2D eigenvalue weighted by Crippen LogP contribution is -2.55. The Bertz CT molecular complexity index is 790. The van der Waals surface area contributed by atoms with Crippen LogP contribution in [0, 0.1) is 0 Å². The maximum absolute atomic E-state index is 12.9. The first-order chi connectivity index (χ1) is 13.8. The Morgan fingerprint density at radius 1 is 1.52 bits per heavy atom. The van der Waals surface area contributed by atoms with Crippen LogP contribution in [0.3, 0.4) is 0 Å². The molecule has 4 N–H and O–H groups in total. The van der Waals surface area contributed by atoms with Gasteiger partial charge in [0, 0.05) is 52.3 Å². The van der Waals surface area contributed by atoms with E-state index in [1.54, 1.807) is 20.2 Å². The normalized spacial score (nSPS) is 21.3. The van der Waals surface area contributed by atoms with Gasteiger partial charge in [-0.25, -0.2) is 4.79 Å². The van der Waals surface area contributed by atoms with E-state index in [1.165, 1.54) is 4.90 Å². The van der Waals surface area contributed by atoms with Gasteiger partial charge in [-0.05, 0) is 12.5 Å². The van der Waals surface area contributed by atoms with Crippen LogP contribution in [0.15, 0.2) is 6.07 Å². The van der Waals surface area contributed by atoms with Crippen LogP contribution < -0.4 is 15.8 Å². The number of ether oxygens (including phenoxy) is 2. The summed E-state index contributed by atoms with van der Waals surface area (Å²) in [5.41, 5.74) is 7.64. The number of hydrogen-bond acceptors (Lipinski definition) is 6. The van der Waals surface area contributed by atoms with Crippen molar-refractivity contribution in [3.05, 3.63) is 22.2 Å². The molecule has 0 saturated carbocycles. The van der Waals surface area contributed by atoms with Gasteiger partial charge in [-0.15, -0.1) is 0 Å². The first kappa shape index (κ1) is 21.5. The summed E-state index contributed by atoms with van der Waals surface area (Å²) in [5.74, 6) is 0.240. The molecule has 1 aromatic rings. The van der Waals surface area contributed by atoms with Gasteiger partial charge < -0.3 is 30.5 Å². The molecule has 1 aromatic carbocycles. The minimum Gasteiger partial charge on any atom is -0.492 e. The first-order valence-electron chi connectivity index (χ1n) is 9.55. The third-order valence-electron chi connectivity index (χ3n) is 5.56. The number of benzene rings is 1. The number of fused-ring (bicyclic) bond motifs is 1. The Hall–Kier alpha value is -2.23. The van der Waals surface area contributed by atoms with Crippen LogP contribution in [-0.2, 0) is 11.2 Å². The first-order valence-corrected chi connectivity index (χ1v) is 9.93. The second kappa shape index (κ2) is 9.06. The number of nitrogens with two attached hydrogens (primary N) is 1. The molecule has 2 atom stereocenters. The molecule has 0 bridgehead atoms. The van der Waals surface area contributed by atoms with Gasteiger partial charge in [0.05, 0.1) is 35.0 Å². The quantitative estimate of drug-likeness (QED) is 0.586. The molecule has 3 rings (SSSR count). The molecular weight excluding hydrogens is 400 g/mol. The topological polar surface area (TPSA) is 117 Å². The van der Waals surface area contributed by atoms with Gasteiger partial charge in [-0.3, -0.25) is 9.69 Å². The van der Waals surface area contributed by atoms with Crippen LogP contribution in [0.1, 0.15) is 22.3 Å². The molecule has 1 saturated heterocycles. The van der Waals surface area contributed by atoms with E-state index < -0.39 is 6.09 Å². The molecule has 2 heterocycles. The molecule has 160 valence electrons. The number of likely N-dealkylation sites (N-methyl/N-ethyl adjacent to an activating group) is 1. The largest absolute Gasteiger partial charge is 0.492 e. The van der Waals surface area contributed by atoms with Crippen molar-refractivity contribution < 1.29 is 24.2 Å². The lowest BCUT2D eigenvalue weighted by atomic mass is 10.00. The molecular formula is C19H27ClN4O5. The summed E-state index contributed by atoms with van der Waals surface area (Å²) in [6.45, 7) is 2.83. The number of anilines is 1. The standard InChI is InChI=1S/C19H27ClN4O5/c1-23(19(26)27)6-7-24-5-3-14(15(10-24)28-2)22-18(25)12-9-13(20)16(21)11-4-8-29-17(11)12/h9,14-15H,3-8,10,21H2,1-2H3,(H,22,25)(H,26,27)/t14-,15+/m1/s1.